The van der Waals surface area contributed by atoms with E-state index in [-0.39, 0.29) is 11.5 Å². The standard InChI is InChI=1S/C15H10BrNO3/c16-14(15(18)12-4-2-1-3-5-12)10-11-6-8-13(9-7-11)17(19)20/h1-10H/b14-10+. The molecule has 5 heteroatoms. The van der Waals surface area contributed by atoms with Gasteiger partial charge in [0.05, 0.1) is 9.41 Å². The van der Waals surface area contributed by atoms with Gasteiger partial charge in [-0.3, -0.25) is 14.9 Å². The summed E-state index contributed by atoms with van der Waals surface area (Å²) in [5.41, 5.74) is 1.32. The van der Waals surface area contributed by atoms with E-state index < -0.39 is 4.92 Å². The Morgan fingerprint density at radius 3 is 2.20 bits per heavy atom. The zero-order valence-electron chi connectivity index (χ0n) is 10.3. The molecule has 20 heavy (non-hydrogen) atoms. The van der Waals surface area contributed by atoms with E-state index in [0.717, 1.165) is 0 Å². The van der Waals surface area contributed by atoms with E-state index in [0.29, 0.717) is 15.6 Å². The maximum atomic E-state index is 12.1. The fraction of sp³-hybridized carbons (Fsp3) is 0. The molecule has 0 aliphatic heterocycles. The van der Waals surface area contributed by atoms with Gasteiger partial charge >= 0.3 is 0 Å². The number of carbonyl (C=O) groups excluding carboxylic acids is 1. The van der Waals surface area contributed by atoms with Crippen LogP contribution in [0.1, 0.15) is 15.9 Å². The van der Waals surface area contributed by atoms with E-state index in [9.17, 15) is 14.9 Å². The van der Waals surface area contributed by atoms with Crippen molar-refractivity contribution in [2.45, 2.75) is 0 Å². The summed E-state index contributed by atoms with van der Waals surface area (Å²) in [5.74, 6) is -0.135. The number of ketones is 1. The van der Waals surface area contributed by atoms with Crippen molar-refractivity contribution in [1.29, 1.82) is 0 Å². The summed E-state index contributed by atoms with van der Waals surface area (Å²) < 4.78 is 0.401. The number of hydrogen-bond donors (Lipinski definition) is 0. The Hall–Kier alpha value is -2.27. The van der Waals surface area contributed by atoms with Crippen LogP contribution in [0.5, 0.6) is 0 Å². The van der Waals surface area contributed by atoms with Crippen molar-refractivity contribution in [3.05, 3.63) is 80.3 Å². The van der Waals surface area contributed by atoms with Crippen molar-refractivity contribution < 1.29 is 9.72 Å². The quantitative estimate of drug-likeness (QED) is 0.365. The summed E-state index contributed by atoms with van der Waals surface area (Å²) >= 11 is 3.24. The normalized spacial score (nSPS) is 11.2. The highest BCUT2D eigenvalue weighted by Crippen LogP contribution is 2.19. The molecule has 0 heterocycles. The van der Waals surface area contributed by atoms with E-state index >= 15 is 0 Å². The summed E-state index contributed by atoms with van der Waals surface area (Å²) in [5, 5.41) is 10.6. The first-order chi connectivity index (χ1) is 9.58. The van der Waals surface area contributed by atoms with Crippen LogP contribution in [0.3, 0.4) is 0 Å². The predicted molar refractivity (Wildman–Crippen MR) is 80.8 cm³/mol. The average Bonchev–Trinajstić information content (AvgIpc) is 2.48. The summed E-state index contributed by atoms with van der Waals surface area (Å²) in [6.07, 6.45) is 1.64. The molecule has 0 aromatic heterocycles. The number of benzene rings is 2. The van der Waals surface area contributed by atoms with E-state index in [1.54, 1.807) is 42.5 Å². The van der Waals surface area contributed by atoms with Crippen molar-refractivity contribution in [2.75, 3.05) is 0 Å². The number of nitro benzene ring substituents is 1. The molecule has 0 radical (unpaired) electrons. The van der Waals surface area contributed by atoms with E-state index in [2.05, 4.69) is 15.9 Å². The van der Waals surface area contributed by atoms with Crippen molar-refractivity contribution >= 4 is 33.5 Å². The van der Waals surface area contributed by atoms with Crippen LogP contribution in [0.2, 0.25) is 0 Å². The van der Waals surface area contributed by atoms with Gasteiger partial charge in [0.25, 0.3) is 5.69 Å². The summed E-state index contributed by atoms with van der Waals surface area (Å²) in [7, 11) is 0. The Morgan fingerprint density at radius 2 is 1.65 bits per heavy atom. The molecule has 0 saturated carbocycles. The molecule has 2 aromatic carbocycles. The molecular weight excluding hydrogens is 322 g/mol. The van der Waals surface area contributed by atoms with Gasteiger partial charge in [-0.05, 0) is 39.7 Å². The largest absolute Gasteiger partial charge is 0.288 e. The SMILES string of the molecule is O=C(/C(Br)=C\c1ccc([N+](=O)[O-])cc1)c1ccccc1. The molecule has 0 atom stereocenters. The van der Waals surface area contributed by atoms with Gasteiger partial charge in [0, 0.05) is 17.7 Å². The lowest BCUT2D eigenvalue weighted by atomic mass is 10.1. The molecule has 0 aliphatic rings. The lowest BCUT2D eigenvalue weighted by Crippen LogP contribution is -1.97. The number of nitrogens with zero attached hydrogens (tertiary/aromatic N) is 1. The van der Waals surface area contributed by atoms with Gasteiger partial charge in [-0.1, -0.05) is 30.3 Å². The van der Waals surface area contributed by atoms with Crippen LogP contribution in [-0.4, -0.2) is 10.7 Å². The molecule has 0 unspecified atom stereocenters. The molecule has 0 spiro atoms. The maximum absolute atomic E-state index is 12.1. The zero-order valence-corrected chi connectivity index (χ0v) is 11.9. The third-order valence-electron chi connectivity index (χ3n) is 2.65. The molecule has 0 N–H and O–H groups in total. The van der Waals surface area contributed by atoms with Crippen LogP contribution < -0.4 is 0 Å². The molecule has 2 aromatic rings. The van der Waals surface area contributed by atoms with Gasteiger partial charge < -0.3 is 0 Å². The first kappa shape index (κ1) is 14.1. The van der Waals surface area contributed by atoms with E-state index in [4.69, 9.17) is 0 Å². The third-order valence-corrected chi connectivity index (χ3v) is 3.24. The molecule has 0 amide bonds. The Labute approximate surface area is 124 Å². The van der Waals surface area contributed by atoms with Crippen molar-refractivity contribution in [2.24, 2.45) is 0 Å². The highest BCUT2D eigenvalue weighted by molar-refractivity contribution is 9.12. The fourth-order valence-corrected chi connectivity index (χ4v) is 2.12. The average molecular weight is 332 g/mol. The lowest BCUT2D eigenvalue weighted by molar-refractivity contribution is -0.384. The number of Topliss-reactive ketones (excluding diaryl/α,β-unsaturated/α-hetero) is 1. The number of hydrogen-bond acceptors (Lipinski definition) is 3. The third kappa shape index (κ3) is 3.39. The first-order valence-electron chi connectivity index (χ1n) is 5.79. The van der Waals surface area contributed by atoms with Gasteiger partial charge in [-0.2, -0.15) is 0 Å². The van der Waals surface area contributed by atoms with E-state index in [1.165, 1.54) is 12.1 Å². The summed E-state index contributed by atoms with van der Waals surface area (Å²) in [6, 6.07) is 14.9. The second-order valence-electron chi connectivity index (χ2n) is 4.04. The minimum absolute atomic E-state index is 0.0210. The van der Waals surface area contributed by atoms with Gasteiger partial charge in [0.15, 0.2) is 5.78 Å². The zero-order chi connectivity index (χ0) is 14.5. The molecule has 0 bridgehead atoms. The molecule has 0 aliphatic carbocycles. The minimum atomic E-state index is -0.461. The molecule has 0 fully saturated rings. The lowest BCUT2D eigenvalue weighted by Gasteiger charge is -2.00. The Morgan fingerprint density at radius 1 is 1.05 bits per heavy atom. The first-order valence-corrected chi connectivity index (χ1v) is 6.58. The Kier molecular flexibility index (Phi) is 4.42. The monoisotopic (exact) mass is 331 g/mol. The van der Waals surface area contributed by atoms with Crippen molar-refractivity contribution in [1.82, 2.24) is 0 Å². The highest BCUT2D eigenvalue weighted by atomic mass is 79.9. The van der Waals surface area contributed by atoms with Crippen LogP contribution in [0.25, 0.3) is 6.08 Å². The van der Waals surface area contributed by atoms with Gasteiger partial charge in [0.1, 0.15) is 0 Å². The van der Waals surface area contributed by atoms with Crippen LogP contribution in [0, 0.1) is 10.1 Å². The number of allylic oxidation sites excluding steroid dienone is 1. The summed E-state index contributed by atoms with van der Waals surface area (Å²) in [4.78, 5) is 22.2. The maximum Gasteiger partial charge on any atom is 0.269 e. The number of rotatable bonds is 4. The van der Waals surface area contributed by atoms with Crippen LogP contribution in [0.4, 0.5) is 5.69 Å². The van der Waals surface area contributed by atoms with E-state index in [1.807, 2.05) is 6.07 Å². The smallest absolute Gasteiger partial charge is 0.269 e. The van der Waals surface area contributed by atoms with Gasteiger partial charge in [-0.15, -0.1) is 0 Å². The Balaban J connectivity index is 2.22. The van der Waals surface area contributed by atoms with Gasteiger partial charge in [0.2, 0.25) is 0 Å². The second-order valence-corrected chi connectivity index (χ2v) is 4.89. The van der Waals surface area contributed by atoms with Crippen molar-refractivity contribution in [3.8, 4) is 0 Å². The van der Waals surface area contributed by atoms with Crippen LogP contribution in [-0.2, 0) is 0 Å². The number of carbonyl (C=O) groups is 1. The molecule has 2 rings (SSSR count). The van der Waals surface area contributed by atoms with Crippen LogP contribution in [0.15, 0.2) is 59.1 Å². The molecule has 0 saturated heterocycles. The topological polar surface area (TPSA) is 60.2 Å². The summed E-state index contributed by atoms with van der Waals surface area (Å²) in [6.45, 7) is 0. The second kappa shape index (κ2) is 6.25. The van der Waals surface area contributed by atoms with Crippen LogP contribution >= 0.6 is 15.9 Å². The number of halogens is 1. The van der Waals surface area contributed by atoms with Gasteiger partial charge in [-0.25, -0.2) is 0 Å². The number of non-ortho nitro benzene ring substituents is 1. The molecular formula is C15H10BrNO3. The molecule has 100 valence electrons. The highest BCUT2D eigenvalue weighted by Gasteiger charge is 2.09. The predicted octanol–water partition coefficient (Wildman–Crippen LogP) is 4.21. The minimum Gasteiger partial charge on any atom is -0.288 e. The fourth-order valence-electron chi connectivity index (χ4n) is 1.63. The Bertz CT molecular complexity index is 663. The molecule has 4 nitrogen and oxygen atoms in total. The number of nitro groups is 1. The van der Waals surface area contributed by atoms with Crippen molar-refractivity contribution in [3.63, 3.8) is 0 Å².